The molecule has 75 heavy (non-hydrogen) atoms. The van der Waals surface area contributed by atoms with Gasteiger partial charge in [-0.25, -0.2) is 0 Å². The molecule has 2 aliphatic heterocycles. The third kappa shape index (κ3) is 7.80. The van der Waals surface area contributed by atoms with Crippen LogP contribution in [0.25, 0.3) is 43.8 Å². The van der Waals surface area contributed by atoms with E-state index >= 15 is 0 Å². The average molecular weight is 968 g/mol. The fourth-order valence-corrected chi connectivity index (χ4v) is 12.6. The summed E-state index contributed by atoms with van der Waals surface area (Å²) in [4.78, 5) is 7.53. The van der Waals surface area contributed by atoms with Gasteiger partial charge in [0.05, 0.1) is 17.1 Å². The fourth-order valence-electron chi connectivity index (χ4n) is 12.6. The summed E-state index contributed by atoms with van der Waals surface area (Å²) in [5.74, 6) is 0. The Labute approximate surface area is 442 Å². The van der Waals surface area contributed by atoms with Crippen LogP contribution in [0, 0.1) is 27.7 Å². The highest BCUT2D eigenvalue weighted by atomic mass is 15.2. The second-order valence-electron chi connectivity index (χ2n) is 22.3. The lowest BCUT2D eigenvalue weighted by Crippen LogP contribution is -2.38. The van der Waals surface area contributed by atoms with Crippen molar-refractivity contribution in [2.45, 2.75) is 66.2 Å². The normalized spacial score (nSPS) is 13.8. The number of rotatable bonds is 8. The zero-order valence-corrected chi connectivity index (χ0v) is 44.2. The van der Waals surface area contributed by atoms with Gasteiger partial charge in [0.2, 0.25) is 0 Å². The van der Waals surface area contributed by atoms with Crippen LogP contribution < -0.4 is 14.7 Å². The zero-order chi connectivity index (χ0) is 51.3. The third-order valence-electron chi connectivity index (χ3n) is 16.2. The van der Waals surface area contributed by atoms with Crippen molar-refractivity contribution in [1.29, 1.82) is 0 Å². The van der Waals surface area contributed by atoms with E-state index in [4.69, 9.17) is 0 Å². The van der Waals surface area contributed by atoms with E-state index in [1.54, 1.807) is 0 Å². The van der Waals surface area contributed by atoms with E-state index in [0.29, 0.717) is 0 Å². The predicted octanol–water partition coefficient (Wildman–Crippen LogP) is 20.2. The van der Waals surface area contributed by atoms with Crippen molar-refractivity contribution in [2.75, 3.05) is 14.7 Å². The number of aryl methyl sites for hydroxylation is 4. The van der Waals surface area contributed by atoms with Crippen LogP contribution in [0.2, 0.25) is 0 Å². The van der Waals surface area contributed by atoms with Gasteiger partial charge in [0.15, 0.2) is 0 Å². The largest absolute Gasteiger partial charge is 0.310 e. The molecule has 0 fully saturated rings. The number of nitrogens with zero attached hydrogens (tertiary/aromatic N) is 3. The van der Waals surface area contributed by atoms with Crippen LogP contribution in [0.5, 0.6) is 0 Å². The summed E-state index contributed by atoms with van der Waals surface area (Å²) < 4.78 is 0. The molecule has 0 radical (unpaired) electrons. The first-order valence-electron chi connectivity index (χ1n) is 26.5. The Morgan fingerprint density at radius 1 is 0.280 bits per heavy atom. The SMILES string of the molecule is Cc1cc(C)cc(N(c2ccc(-c3ccc4ccccc4c3)cc2)c2ccc3c(c2)C(C)(C)c2cc(N(c4ccc(-c5ccc6ccccc6c5)cc4)c4cc(C)cc(C)c4)cc4c2N3c2ccccc2C4(C)C)c1. The minimum Gasteiger partial charge on any atom is -0.310 e. The number of fused-ring (bicyclic) bond motifs is 6. The molecule has 11 aromatic rings. The Hall–Kier alpha value is -8.66. The summed E-state index contributed by atoms with van der Waals surface area (Å²) in [6.45, 7) is 18.6. The first-order chi connectivity index (χ1) is 36.3. The highest BCUT2D eigenvalue weighted by molar-refractivity contribution is 5.97. The summed E-state index contributed by atoms with van der Waals surface area (Å²) in [6.07, 6.45) is 0. The molecule has 2 heterocycles. The van der Waals surface area contributed by atoms with E-state index in [9.17, 15) is 0 Å². The molecule has 0 amide bonds. The molecule has 11 aromatic carbocycles. The van der Waals surface area contributed by atoms with Crippen molar-refractivity contribution in [3.05, 3.63) is 269 Å². The molecule has 0 aromatic heterocycles. The molecule has 0 unspecified atom stereocenters. The first-order valence-corrected chi connectivity index (χ1v) is 26.5. The van der Waals surface area contributed by atoms with Crippen LogP contribution in [0.3, 0.4) is 0 Å². The van der Waals surface area contributed by atoms with Crippen molar-refractivity contribution in [3.8, 4) is 22.3 Å². The monoisotopic (exact) mass is 967 g/mol. The van der Waals surface area contributed by atoms with Crippen LogP contribution in [0.15, 0.2) is 224 Å². The molecule has 364 valence electrons. The molecular weight excluding hydrogens is 907 g/mol. The Kier molecular flexibility index (Phi) is 10.8. The summed E-state index contributed by atoms with van der Waals surface area (Å²) in [7, 11) is 0. The summed E-state index contributed by atoms with van der Waals surface area (Å²) in [5.41, 5.74) is 24.8. The number of para-hydroxylation sites is 1. The molecule has 0 saturated carbocycles. The Balaban J connectivity index is 0.982. The minimum absolute atomic E-state index is 0.298. The third-order valence-corrected chi connectivity index (χ3v) is 16.2. The Morgan fingerprint density at radius 3 is 1.16 bits per heavy atom. The smallest absolute Gasteiger partial charge is 0.0545 e. The minimum atomic E-state index is -0.410. The average Bonchev–Trinajstić information content (AvgIpc) is 3.56. The molecule has 13 rings (SSSR count). The summed E-state index contributed by atoms with van der Waals surface area (Å²) in [6, 6.07) is 84.3. The molecule has 0 aliphatic carbocycles. The van der Waals surface area contributed by atoms with Crippen molar-refractivity contribution < 1.29 is 0 Å². The maximum absolute atomic E-state index is 2.58. The predicted molar refractivity (Wildman–Crippen MR) is 320 cm³/mol. The quantitative estimate of drug-likeness (QED) is 0.150. The van der Waals surface area contributed by atoms with Crippen LogP contribution in [-0.4, -0.2) is 0 Å². The highest BCUT2D eigenvalue weighted by Gasteiger charge is 2.46. The van der Waals surface area contributed by atoms with Crippen molar-refractivity contribution in [1.82, 2.24) is 0 Å². The molecule has 0 spiro atoms. The van der Waals surface area contributed by atoms with Gasteiger partial charge in [-0.3, -0.25) is 0 Å². The number of benzene rings is 11. The van der Waals surface area contributed by atoms with Gasteiger partial charge in [-0.1, -0.05) is 155 Å². The second kappa shape index (κ2) is 17.5. The van der Waals surface area contributed by atoms with Gasteiger partial charge >= 0.3 is 0 Å². The van der Waals surface area contributed by atoms with E-state index in [2.05, 4.69) is 295 Å². The van der Waals surface area contributed by atoms with Gasteiger partial charge in [-0.15, -0.1) is 0 Å². The molecule has 0 atom stereocenters. The van der Waals surface area contributed by atoms with Gasteiger partial charge in [0.25, 0.3) is 0 Å². The molecule has 2 aliphatic rings. The maximum atomic E-state index is 2.58. The lowest BCUT2D eigenvalue weighted by Gasteiger charge is -2.50. The molecule has 0 bridgehead atoms. The van der Waals surface area contributed by atoms with E-state index < -0.39 is 5.41 Å². The second-order valence-corrected chi connectivity index (χ2v) is 22.3. The van der Waals surface area contributed by atoms with E-state index in [-0.39, 0.29) is 5.41 Å². The molecule has 3 nitrogen and oxygen atoms in total. The van der Waals surface area contributed by atoms with Crippen LogP contribution >= 0.6 is 0 Å². The number of hydrogen-bond donors (Lipinski definition) is 0. The van der Waals surface area contributed by atoms with Crippen LogP contribution in [0.1, 0.15) is 72.2 Å². The number of hydrogen-bond acceptors (Lipinski definition) is 3. The molecular formula is C72H61N3. The molecule has 0 N–H and O–H groups in total. The molecule has 3 heteroatoms. The van der Waals surface area contributed by atoms with E-state index in [0.717, 1.165) is 34.1 Å². The first kappa shape index (κ1) is 46.1. The van der Waals surface area contributed by atoms with Crippen LogP contribution in [-0.2, 0) is 10.8 Å². The highest BCUT2D eigenvalue weighted by Crippen LogP contribution is 2.62. The van der Waals surface area contributed by atoms with Gasteiger partial charge in [-0.2, -0.15) is 0 Å². The summed E-state index contributed by atoms with van der Waals surface area (Å²) >= 11 is 0. The lowest BCUT2D eigenvalue weighted by atomic mass is 9.66. The Morgan fingerprint density at radius 2 is 0.653 bits per heavy atom. The number of anilines is 9. The maximum Gasteiger partial charge on any atom is 0.0545 e. The summed E-state index contributed by atoms with van der Waals surface area (Å²) in [5, 5.41) is 5.00. The van der Waals surface area contributed by atoms with Crippen molar-refractivity contribution in [3.63, 3.8) is 0 Å². The van der Waals surface area contributed by atoms with Gasteiger partial charge < -0.3 is 14.7 Å². The van der Waals surface area contributed by atoms with E-state index in [1.807, 2.05) is 0 Å². The Bertz CT molecular complexity index is 4020. The van der Waals surface area contributed by atoms with Crippen molar-refractivity contribution >= 4 is 72.7 Å². The fraction of sp³-hybridized carbons (Fsp3) is 0.139. The lowest BCUT2D eigenvalue weighted by molar-refractivity contribution is 0.597. The van der Waals surface area contributed by atoms with E-state index in [1.165, 1.54) is 105 Å². The van der Waals surface area contributed by atoms with Crippen molar-refractivity contribution in [2.24, 2.45) is 0 Å². The zero-order valence-electron chi connectivity index (χ0n) is 44.2. The van der Waals surface area contributed by atoms with Gasteiger partial charge in [-0.05, 0) is 213 Å². The molecule has 0 saturated heterocycles. The van der Waals surface area contributed by atoms with Gasteiger partial charge in [0, 0.05) is 45.0 Å². The topological polar surface area (TPSA) is 9.72 Å². The van der Waals surface area contributed by atoms with Gasteiger partial charge in [0.1, 0.15) is 0 Å². The standard InChI is InChI=1S/C72H61N3/c1-46-35-47(2)38-61(37-46)73(58-29-25-52(26-30-58)56-23-21-50-15-9-11-17-54(50)41-56)60-33-34-69-65(43-60)72(7,8)67-45-63(44-66-70(67)75(69)68-20-14-13-19-64(68)71(66,5)6)74(62-39-48(3)36-49(4)40-62)59-31-27-53(28-32-59)57-24-22-51-16-10-12-18-55(51)42-57/h9-45H,1-8H3. The van der Waals surface area contributed by atoms with Crippen LogP contribution in [0.4, 0.5) is 51.2 Å².